The quantitative estimate of drug-likeness (QED) is 0.736. The van der Waals surface area contributed by atoms with Crippen molar-refractivity contribution in [2.24, 2.45) is 0 Å². The second-order valence-corrected chi connectivity index (χ2v) is 5.83. The van der Waals surface area contributed by atoms with Crippen molar-refractivity contribution in [1.82, 2.24) is 8.61 Å². The van der Waals surface area contributed by atoms with Crippen LogP contribution in [-0.4, -0.2) is 37.2 Å². The van der Waals surface area contributed by atoms with E-state index in [0.717, 1.165) is 0 Å². The van der Waals surface area contributed by atoms with Crippen molar-refractivity contribution in [3.8, 4) is 0 Å². The number of benzene rings is 1. The highest BCUT2D eigenvalue weighted by Gasteiger charge is 2.34. The fourth-order valence-electron chi connectivity index (χ4n) is 1.44. The molecular formula is C10H13FN2O2S. The van der Waals surface area contributed by atoms with Gasteiger partial charge in [0.2, 0.25) is 0 Å². The van der Waals surface area contributed by atoms with E-state index in [1.165, 1.54) is 27.8 Å². The molecule has 0 saturated carbocycles. The van der Waals surface area contributed by atoms with Crippen LogP contribution in [0, 0.1) is 5.82 Å². The van der Waals surface area contributed by atoms with Gasteiger partial charge < -0.3 is 0 Å². The van der Waals surface area contributed by atoms with Crippen molar-refractivity contribution in [1.29, 1.82) is 0 Å². The van der Waals surface area contributed by atoms with Crippen LogP contribution in [0.1, 0.15) is 5.56 Å². The third kappa shape index (κ3) is 2.40. The zero-order chi connectivity index (χ0) is 11.8. The van der Waals surface area contributed by atoms with Crippen molar-refractivity contribution in [2.45, 2.75) is 6.54 Å². The summed E-state index contributed by atoms with van der Waals surface area (Å²) in [5.41, 5.74) is 0.646. The van der Waals surface area contributed by atoms with E-state index in [9.17, 15) is 12.8 Å². The Bertz CT molecular complexity index is 485. The fraction of sp³-hybridized carbons (Fsp3) is 0.400. The summed E-state index contributed by atoms with van der Waals surface area (Å²) in [4.78, 5) is 0. The summed E-state index contributed by atoms with van der Waals surface area (Å²) in [6.07, 6.45) is 0. The number of rotatable bonds is 4. The molecule has 88 valence electrons. The molecule has 0 amide bonds. The highest BCUT2D eigenvalue weighted by Crippen LogP contribution is 2.17. The molecule has 0 aromatic heterocycles. The molecule has 0 N–H and O–H groups in total. The van der Waals surface area contributed by atoms with Crippen molar-refractivity contribution in [3.05, 3.63) is 35.6 Å². The minimum Gasteiger partial charge on any atom is -0.207 e. The van der Waals surface area contributed by atoms with Crippen LogP contribution in [0.4, 0.5) is 4.39 Å². The average Bonchev–Trinajstić information content (AvgIpc) is 3.00. The first kappa shape index (κ1) is 11.5. The van der Waals surface area contributed by atoms with E-state index < -0.39 is 10.2 Å². The predicted molar refractivity (Wildman–Crippen MR) is 58.4 cm³/mol. The molecule has 0 atom stereocenters. The normalized spacial score (nSPS) is 16.7. The maximum atomic E-state index is 12.9. The third-order valence-electron chi connectivity index (χ3n) is 2.42. The Balaban J connectivity index is 2.10. The zero-order valence-electron chi connectivity index (χ0n) is 8.93. The van der Waals surface area contributed by atoms with E-state index in [-0.39, 0.29) is 12.4 Å². The van der Waals surface area contributed by atoms with Crippen LogP contribution in [0.25, 0.3) is 0 Å². The Morgan fingerprint density at radius 3 is 2.69 bits per heavy atom. The molecule has 0 radical (unpaired) electrons. The molecular weight excluding hydrogens is 231 g/mol. The van der Waals surface area contributed by atoms with Gasteiger partial charge in [0, 0.05) is 26.7 Å². The number of hydrogen-bond donors (Lipinski definition) is 0. The van der Waals surface area contributed by atoms with Gasteiger partial charge in [0.1, 0.15) is 5.82 Å². The molecule has 0 unspecified atom stereocenters. The first-order chi connectivity index (χ1) is 7.50. The van der Waals surface area contributed by atoms with E-state index in [1.54, 1.807) is 12.1 Å². The Morgan fingerprint density at radius 2 is 2.12 bits per heavy atom. The summed E-state index contributed by atoms with van der Waals surface area (Å²) in [5, 5.41) is 0. The first-order valence-electron chi connectivity index (χ1n) is 4.96. The van der Waals surface area contributed by atoms with Gasteiger partial charge in [-0.05, 0) is 17.7 Å². The molecule has 1 fully saturated rings. The summed E-state index contributed by atoms with van der Waals surface area (Å²) in [6.45, 7) is 1.35. The summed E-state index contributed by atoms with van der Waals surface area (Å²) >= 11 is 0. The van der Waals surface area contributed by atoms with Crippen LogP contribution in [-0.2, 0) is 16.8 Å². The predicted octanol–water partition coefficient (Wildman–Crippen LogP) is 0.818. The second kappa shape index (κ2) is 4.12. The van der Waals surface area contributed by atoms with Gasteiger partial charge in [-0.1, -0.05) is 12.1 Å². The van der Waals surface area contributed by atoms with Gasteiger partial charge >= 0.3 is 0 Å². The second-order valence-electron chi connectivity index (χ2n) is 3.79. The largest absolute Gasteiger partial charge is 0.282 e. The summed E-state index contributed by atoms with van der Waals surface area (Å²) < 4.78 is 39.0. The summed E-state index contributed by atoms with van der Waals surface area (Å²) in [6, 6.07) is 5.95. The SMILES string of the molecule is CN(Cc1cccc(F)c1)S(=O)(=O)N1CC1. The molecule has 0 aliphatic carbocycles. The molecule has 0 bridgehead atoms. The highest BCUT2D eigenvalue weighted by atomic mass is 32.2. The lowest BCUT2D eigenvalue weighted by Gasteiger charge is -2.17. The lowest BCUT2D eigenvalue weighted by Crippen LogP contribution is -2.31. The van der Waals surface area contributed by atoms with Gasteiger partial charge in [0.05, 0.1) is 0 Å². The van der Waals surface area contributed by atoms with Crippen LogP contribution < -0.4 is 0 Å². The first-order valence-corrected chi connectivity index (χ1v) is 6.36. The molecule has 2 rings (SSSR count). The van der Waals surface area contributed by atoms with E-state index in [4.69, 9.17) is 0 Å². The van der Waals surface area contributed by atoms with E-state index in [2.05, 4.69) is 0 Å². The van der Waals surface area contributed by atoms with Crippen LogP contribution in [0.2, 0.25) is 0 Å². The van der Waals surface area contributed by atoms with Gasteiger partial charge in [0.15, 0.2) is 0 Å². The zero-order valence-corrected chi connectivity index (χ0v) is 9.74. The maximum Gasteiger partial charge on any atom is 0.282 e. The monoisotopic (exact) mass is 244 g/mol. The van der Waals surface area contributed by atoms with Crippen molar-refractivity contribution in [3.63, 3.8) is 0 Å². The summed E-state index contributed by atoms with van der Waals surface area (Å²) in [7, 11) is -1.83. The molecule has 1 aromatic carbocycles. The lowest BCUT2D eigenvalue weighted by atomic mass is 10.2. The van der Waals surface area contributed by atoms with Gasteiger partial charge in [-0.3, -0.25) is 0 Å². The van der Waals surface area contributed by atoms with Crippen LogP contribution in [0.3, 0.4) is 0 Å². The standard InChI is InChI=1S/C10H13FN2O2S/c1-12(16(14,15)13-5-6-13)8-9-3-2-4-10(11)7-9/h2-4,7H,5-6,8H2,1H3. The topological polar surface area (TPSA) is 40.4 Å². The molecule has 1 saturated heterocycles. The number of halogens is 1. The van der Waals surface area contributed by atoms with Gasteiger partial charge in [-0.25, -0.2) is 4.39 Å². The maximum absolute atomic E-state index is 12.9. The van der Waals surface area contributed by atoms with Crippen molar-refractivity contribution < 1.29 is 12.8 Å². The Hall–Kier alpha value is -0.980. The van der Waals surface area contributed by atoms with Crippen LogP contribution in [0.15, 0.2) is 24.3 Å². The van der Waals surface area contributed by atoms with Crippen LogP contribution in [0.5, 0.6) is 0 Å². The fourth-order valence-corrected chi connectivity index (χ4v) is 2.69. The van der Waals surface area contributed by atoms with Gasteiger partial charge in [0.25, 0.3) is 10.2 Å². The van der Waals surface area contributed by atoms with Gasteiger partial charge in [-0.2, -0.15) is 17.0 Å². The Labute approximate surface area is 94.5 Å². The minimum atomic E-state index is -3.33. The molecule has 1 aliphatic heterocycles. The van der Waals surface area contributed by atoms with E-state index in [1.807, 2.05) is 0 Å². The number of hydrogen-bond acceptors (Lipinski definition) is 2. The van der Waals surface area contributed by atoms with E-state index >= 15 is 0 Å². The van der Waals surface area contributed by atoms with Crippen LogP contribution >= 0.6 is 0 Å². The molecule has 1 heterocycles. The average molecular weight is 244 g/mol. The molecule has 1 aliphatic rings. The molecule has 6 heteroatoms. The van der Waals surface area contributed by atoms with Gasteiger partial charge in [-0.15, -0.1) is 0 Å². The molecule has 16 heavy (non-hydrogen) atoms. The third-order valence-corrected chi connectivity index (χ3v) is 4.36. The smallest absolute Gasteiger partial charge is 0.207 e. The minimum absolute atomic E-state index is 0.191. The highest BCUT2D eigenvalue weighted by molar-refractivity contribution is 7.86. The molecule has 1 aromatic rings. The Kier molecular flexibility index (Phi) is 2.96. The molecule has 0 spiro atoms. The summed E-state index contributed by atoms with van der Waals surface area (Å²) in [5.74, 6) is -0.352. The van der Waals surface area contributed by atoms with E-state index in [0.29, 0.717) is 18.7 Å². The molecule has 4 nitrogen and oxygen atoms in total. The Morgan fingerprint density at radius 1 is 1.44 bits per heavy atom. The van der Waals surface area contributed by atoms with Crippen molar-refractivity contribution >= 4 is 10.2 Å². The number of nitrogens with zero attached hydrogens (tertiary/aromatic N) is 2. The lowest BCUT2D eigenvalue weighted by molar-refractivity contribution is 0.438. The van der Waals surface area contributed by atoms with Crippen molar-refractivity contribution in [2.75, 3.05) is 20.1 Å².